The molecule has 0 heterocycles. The summed E-state index contributed by atoms with van der Waals surface area (Å²) in [5, 5.41) is 8.49. The van der Waals surface area contributed by atoms with Crippen LogP contribution in [0, 0.1) is 0 Å². The quantitative estimate of drug-likeness (QED) is 0.313. The maximum Gasteiger partial charge on any atom is 0.303 e. The van der Waals surface area contributed by atoms with Crippen LogP contribution in [0.1, 0.15) is 107 Å². The Morgan fingerprint density at radius 3 is 1.55 bits per heavy atom. The summed E-state index contributed by atoms with van der Waals surface area (Å²) in [5.74, 6) is -0.360. The number of aliphatic carboxylic acids is 1. The molecule has 0 radical (unpaired) electrons. The Kier molecular flexibility index (Phi) is 17.9. The molecule has 3 N–H and O–H groups in total. The number of unbranched alkanes of at least 4 members (excludes halogenated alkanes) is 12. The molecule has 0 unspecified atom stereocenters. The average molecular weight is 408 g/mol. The van der Waals surface area contributed by atoms with Crippen LogP contribution in [0.2, 0.25) is 0 Å². The average Bonchev–Trinajstić information content (AvgIpc) is 2.71. The third kappa shape index (κ3) is 17.8. The summed E-state index contributed by atoms with van der Waals surface area (Å²) >= 11 is 0. The van der Waals surface area contributed by atoms with Gasteiger partial charge >= 0.3 is 5.97 Å². The van der Waals surface area contributed by atoms with Crippen molar-refractivity contribution in [2.24, 2.45) is 5.73 Å². The van der Waals surface area contributed by atoms with Crippen LogP contribution in [0.15, 0.2) is 24.3 Å². The molecule has 0 atom stereocenters. The highest BCUT2D eigenvalue weighted by Crippen LogP contribution is 2.13. The van der Waals surface area contributed by atoms with Crippen LogP contribution in [0.4, 0.5) is 0 Å². The second kappa shape index (κ2) is 19.3. The Morgan fingerprint density at radius 1 is 0.793 bits per heavy atom. The molecule has 5 nitrogen and oxygen atoms in total. The number of hydrogen-bond donors (Lipinski definition) is 2. The highest BCUT2D eigenvalue weighted by Gasteiger charge is 1.98. The van der Waals surface area contributed by atoms with Gasteiger partial charge in [0.15, 0.2) is 0 Å². The molecular formula is C24H41NO4. The number of methoxy groups -OCH3 is 1. The molecule has 5 heteroatoms. The Morgan fingerprint density at radius 2 is 1.21 bits per heavy atom. The summed E-state index contributed by atoms with van der Waals surface area (Å²) in [7, 11) is 1.57. The van der Waals surface area contributed by atoms with Crippen molar-refractivity contribution in [3.8, 4) is 5.75 Å². The fourth-order valence-electron chi connectivity index (χ4n) is 3.05. The van der Waals surface area contributed by atoms with Crippen LogP contribution >= 0.6 is 0 Å². The second-order valence-corrected chi connectivity index (χ2v) is 7.48. The van der Waals surface area contributed by atoms with Gasteiger partial charge in [0, 0.05) is 12.0 Å². The number of carbonyl (C=O) groups excluding carboxylic acids is 1. The van der Waals surface area contributed by atoms with E-state index < -0.39 is 11.9 Å². The Labute approximate surface area is 177 Å². The van der Waals surface area contributed by atoms with Crippen molar-refractivity contribution in [3.63, 3.8) is 0 Å². The third-order valence-electron chi connectivity index (χ3n) is 4.87. The van der Waals surface area contributed by atoms with E-state index in [9.17, 15) is 9.59 Å². The van der Waals surface area contributed by atoms with Crippen LogP contribution in [0.3, 0.4) is 0 Å². The van der Waals surface area contributed by atoms with Gasteiger partial charge in [0.2, 0.25) is 5.91 Å². The van der Waals surface area contributed by atoms with E-state index in [1.165, 1.54) is 70.6 Å². The zero-order chi connectivity index (χ0) is 21.7. The van der Waals surface area contributed by atoms with Gasteiger partial charge in [-0.1, -0.05) is 84.0 Å². The van der Waals surface area contributed by atoms with E-state index in [1.807, 2.05) is 0 Å². The predicted octanol–water partition coefficient (Wildman–Crippen LogP) is 6.35. The lowest BCUT2D eigenvalue weighted by molar-refractivity contribution is -0.137. The summed E-state index contributed by atoms with van der Waals surface area (Å²) in [6.07, 6.45) is 17.3. The van der Waals surface area contributed by atoms with Gasteiger partial charge in [0.05, 0.1) is 7.11 Å². The molecule has 0 saturated carbocycles. The van der Waals surface area contributed by atoms with Crippen LogP contribution < -0.4 is 10.5 Å². The minimum atomic E-state index is -0.655. The molecule has 0 aromatic heterocycles. The topological polar surface area (TPSA) is 89.6 Å². The zero-order valence-electron chi connectivity index (χ0n) is 18.5. The molecule has 0 saturated heterocycles. The third-order valence-corrected chi connectivity index (χ3v) is 4.87. The van der Waals surface area contributed by atoms with Crippen molar-refractivity contribution < 1.29 is 19.4 Å². The predicted molar refractivity (Wildman–Crippen MR) is 119 cm³/mol. The Bertz CT molecular complexity index is 528. The molecule has 1 aromatic rings. The smallest absolute Gasteiger partial charge is 0.303 e. The number of carbonyl (C=O) groups is 2. The first-order chi connectivity index (χ1) is 14.0. The van der Waals surface area contributed by atoms with Crippen molar-refractivity contribution in [2.45, 2.75) is 96.8 Å². The monoisotopic (exact) mass is 407 g/mol. The number of benzene rings is 1. The lowest BCUT2D eigenvalue weighted by Crippen LogP contribution is -2.10. The summed E-state index contributed by atoms with van der Waals surface area (Å²) in [6.45, 7) is 2.26. The number of carboxylic acid groups (broad SMARTS) is 1. The van der Waals surface area contributed by atoms with E-state index in [1.54, 1.807) is 31.4 Å². The highest BCUT2D eigenvalue weighted by atomic mass is 16.5. The molecule has 1 amide bonds. The van der Waals surface area contributed by atoms with E-state index in [0.717, 1.165) is 18.6 Å². The maximum atomic E-state index is 10.6. The van der Waals surface area contributed by atoms with Gasteiger partial charge in [0.25, 0.3) is 0 Å². The van der Waals surface area contributed by atoms with Crippen molar-refractivity contribution in [1.82, 2.24) is 0 Å². The minimum Gasteiger partial charge on any atom is -0.497 e. The van der Waals surface area contributed by atoms with Crippen LogP contribution in [0.5, 0.6) is 5.75 Å². The molecule has 0 spiro atoms. The molecule has 1 rings (SSSR count). The molecule has 0 aliphatic heterocycles. The Balaban J connectivity index is 0.000000604. The number of nitrogens with two attached hydrogens (primary N) is 1. The number of hydrogen-bond acceptors (Lipinski definition) is 3. The first-order valence-corrected chi connectivity index (χ1v) is 11.2. The summed E-state index contributed by atoms with van der Waals surface area (Å²) in [4.78, 5) is 20.9. The van der Waals surface area contributed by atoms with Gasteiger partial charge in [-0.25, -0.2) is 0 Å². The Hall–Kier alpha value is -2.04. The van der Waals surface area contributed by atoms with Crippen molar-refractivity contribution >= 4 is 11.9 Å². The molecule has 0 aliphatic rings. The molecular weight excluding hydrogens is 366 g/mol. The van der Waals surface area contributed by atoms with Crippen molar-refractivity contribution in [3.05, 3.63) is 29.8 Å². The lowest BCUT2D eigenvalue weighted by Gasteiger charge is -2.02. The lowest BCUT2D eigenvalue weighted by atomic mass is 10.0. The van der Waals surface area contributed by atoms with Gasteiger partial charge in [-0.2, -0.15) is 0 Å². The standard InChI is InChI=1S/C16H32O2.C8H9NO2/c1-2-3-4-5-6-7-8-9-10-11-12-13-14-15-16(17)18;1-11-7-4-2-6(3-5-7)8(9)10/h2-15H2,1H3,(H,17,18);2-5H,1H3,(H2,9,10). The van der Waals surface area contributed by atoms with E-state index in [4.69, 9.17) is 15.6 Å². The minimum absolute atomic E-state index is 0.345. The van der Waals surface area contributed by atoms with Gasteiger partial charge in [0.1, 0.15) is 5.75 Å². The number of carboxylic acids is 1. The van der Waals surface area contributed by atoms with Crippen LogP contribution in [-0.4, -0.2) is 24.1 Å². The van der Waals surface area contributed by atoms with E-state index in [0.29, 0.717) is 12.0 Å². The number of rotatable bonds is 16. The molecule has 1 aromatic carbocycles. The second-order valence-electron chi connectivity index (χ2n) is 7.48. The molecule has 0 bridgehead atoms. The van der Waals surface area contributed by atoms with E-state index in [2.05, 4.69) is 6.92 Å². The van der Waals surface area contributed by atoms with Crippen LogP contribution in [0.25, 0.3) is 0 Å². The van der Waals surface area contributed by atoms with Gasteiger partial charge in [-0.05, 0) is 30.7 Å². The fourth-order valence-corrected chi connectivity index (χ4v) is 3.05. The normalized spacial score (nSPS) is 10.1. The van der Waals surface area contributed by atoms with Gasteiger partial charge in [-0.15, -0.1) is 0 Å². The summed E-state index contributed by atoms with van der Waals surface area (Å²) < 4.78 is 4.90. The molecule has 0 aliphatic carbocycles. The number of primary amides is 1. The number of ether oxygens (including phenoxy) is 1. The summed E-state index contributed by atoms with van der Waals surface area (Å²) in [6, 6.07) is 6.64. The zero-order valence-corrected chi connectivity index (χ0v) is 18.5. The maximum absolute atomic E-state index is 10.6. The van der Waals surface area contributed by atoms with Crippen molar-refractivity contribution in [1.29, 1.82) is 0 Å². The first-order valence-electron chi connectivity index (χ1n) is 11.2. The first kappa shape index (κ1) is 27.0. The van der Waals surface area contributed by atoms with Crippen LogP contribution in [-0.2, 0) is 4.79 Å². The number of amides is 1. The SMILES string of the molecule is CCCCCCCCCCCCCCCC(=O)O.COc1ccc(C(N)=O)cc1. The fraction of sp³-hybridized carbons (Fsp3) is 0.667. The van der Waals surface area contributed by atoms with Crippen molar-refractivity contribution in [2.75, 3.05) is 7.11 Å². The molecule has 0 fully saturated rings. The van der Waals surface area contributed by atoms with Gasteiger partial charge < -0.3 is 15.6 Å². The highest BCUT2D eigenvalue weighted by molar-refractivity contribution is 5.92. The largest absolute Gasteiger partial charge is 0.497 e. The summed E-state index contributed by atoms with van der Waals surface area (Å²) in [5.41, 5.74) is 5.52. The van der Waals surface area contributed by atoms with Gasteiger partial charge in [-0.3, -0.25) is 9.59 Å². The van der Waals surface area contributed by atoms with E-state index >= 15 is 0 Å². The van der Waals surface area contributed by atoms with E-state index in [-0.39, 0.29) is 0 Å². The molecule has 166 valence electrons. The molecule has 29 heavy (non-hydrogen) atoms.